The molecule has 161 valence electrons. The number of phenols is 1. The number of anilines is 1. The van der Waals surface area contributed by atoms with Crippen LogP contribution in [0.2, 0.25) is 0 Å². The second-order valence-electron chi connectivity index (χ2n) is 6.84. The second-order valence-corrected chi connectivity index (χ2v) is 8.23. The van der Waals surface area contributed by atoms with Crippen molar-refractivity contribution < 1.29 is 22.9 Å². The summed E-state index contributed by atoms with van der Waals surface area (Å²) in [5.41, 5.74) is 0.883. The molecule has 1 amide bonds. The number of nitrogens with zero attached hydrogens (tertiary/aromatic N) is 2. The Morgan fingerprint density at radius 3 is 2.12 bits per heavy atom. The Kier molecular flexibility index (Phi) is 7.62. The van der Waals surface area contributed by atoms with E-state index in [0.29, 0.717) is 16.9 Å². The molecule has 4 aromatic carbocycles. The zero-order chi connectivity index (χ0) is 22.7. The average molecular weight is 470 g/mol. The molecule has 0 saturated carbocycles. The number of fused-ring (bicyclic) bond motifs is 1. The monoisotopic (exact) mass is 470 g/mol. The third-order valence-electron chi connectivity index (χ3n) is 4.64. The molecule has 0 aliphatic heterocycles. The van der Waals surface area contributed by atoms with Crippen LogP contribution in [0.1, 0.15) is 10.4 Å². The van der Waals surface area contributed by atoms with Gasteiger partial charge in [0.2, 0.25) is 0 Å². The predicted molar refractivity (Wildman–Crippen MR) is 126 cm³/mol. The van der Waals surface area contributed by atoms with Crippen molar-refractivity contribution in [2.24, 2.45) is 10.2 Å². The van der Waals surface area contributed by atoms with E-state index in [0.717, 1.165) is 0 Å². The van der Waals surface area contributed by atoms with Crippen molar-refractivity contribution in [3.05, 3.63) is 90.5 Å². The molecular formula is C23H17N3NaO5S. The van der Waals surface area contributed by atoms with Crippen LogP contribution in [0.4, 0.5) is 17.1 Å². The molecule has 0 fully saturated rings. The summed E-state index contributed by atoms with van der Waals surface area (Å²) in [6.07, 6.45) is 0. The number of benzene rings is 4. The van der Waals surface area contributed by atoms with Crippen molar-refractivity contribution in [1.82, 2.24) is 0 Å². The number of amides is 1. The summed E-state index contributed by atoms with van der Waals surface area (Å²) < 4.78 is 33.7. The summed E-state index contributed by atoms with van der Waals surface area (Å²) in [6.45, 7) is 0. The van der Waals surface area contributed by atoms with Gasteiger partial charge in [-0.05, 0) is 53.9 Å². The molecule has 0 bridgehead atoms. The van der Waals surface area contributed by atoms with Crippen molar-refractivity contribution in [2.45, 2.75) is 4.90 Å². The second kappa shape index (κ2) is 10.2. The first kappa shape index (κ1) is 24.6. The van der Waals surface area contributed by atoms with Crippen LogP contribution in [0.5, 0.6) is 5.75 Å². The minimum Gasteiger partial charge on any atom is -0.505 e. The Morgan fingerprint density at radius 2 is 1.48 bits per heavy atom. The molecule has 10 heteroatoms. The molecular weight excluding hydrogens is 453 g/mol. The number of hydrogen-bond donors (Lipinski definition) is 3. The first-order chi connectivity index (χ1) is 15.3. The van der Waals surface area contributed by atoms with E-state index in [1.807, 2.05) is 0 Å². The van der Waals surface area contributed by atoms with Gasteiger partial charge in [0.15, 0.2) is 5.75 Å². The standard InChI is InChI=1S/C23H17N3O5S.Na/c27-22-19-12-11-18(24-23(28)15-7-3-1-4-8-15)13-16(19)14-20(32(29,30)31)21(22)26-25-17-9-5-2-6-10-17;/h1-14,27H,(H,24,28)(H,29,30,31);. The molecule has 0 aromatic heterocycles. The van der Waals surface area contributed by atoms with Gasteiger partial charge in [-0.3, -0.25) is 9.35 Å². The quantitative estimate of drug-likeness (QED) is 0.213. The molecule has 8 nitrogen and oxygen atoms in total. The molecule has 0 aliphatic carbocycles. The predicted octanol–water partition coefficient (Wildman–Crippen LogP) is 5.08. The summed E-state index contributed by atoms with van der Waals surface area (Å²) in [5.74, 6) is -0.812. The number of carbonyl (C=O) groups excluding carboxylic acids is 1. The minimum atomic E-state index is -4.73. The number of carbonyl (C=O) groups is 1. The molecule has 0 unspecified atom stereocenters. The van der Waals surface area contributed by atoms with Crippen LogP contribution in [0.15, 0.2) is 100 Å². The van der Waals surface area contributed by atoms with Gasteiger partial charge < -0.3 is 10.4 Å². The Balaban J connectivity index is 0.00000306. The fourth-order valence-electron chi connectivity index (χ4n) is 3.12. The molecule has 4 aromatic rings. The number of nitrogens with one attached hydrogen (secondary N) is 1. The molecule has 1 radical (unpaired) electrons. The molecule has 0 spiro atoms. The molecule has 33 heavy (non-hydrogen) atoms. The number of hydrogen-bond acceptors (Lipinski definition) is 6. The van der Waals surface area contributed by atoms with E-state index in [-0.39, 0.29) is 51.9 Å². The van der Waals surface area contributed by atoms with Gasteiger partial charge in [-0.25, -0.2) is 0 Å². The molecule has 3 N–H and O–H groups in total. The van der Waals surface area contributed by atoms with Crippen LogP contribution < -0.4 is 5.32 Å². The van der Waals surface area contributed by atoms with Gasteiger partial charge in [-0.1, -0.05) is 36.4 Å². The fourth-order valence-corrected chi connectivity index (χ4v) is 3.78. The van der Waals surface area contributed by atoms with Gasteiger partial charge >= 0.3 is 0 Å². The molecule has 0 aliphatic rings. The van der Waals surface area contributed by atoms with Crippen molar-refractivity contribution in [1.29, 1.82) is 0 Å². The van der Waals surface area contributed by atoms with E-state index in [1.54, 1.807) is 66.7 Å². The van der Waals surface area contributed by atoms with Gasteiger partial charge in [0.05, 0.1) is 5.69 Å². The SMILES string of the molecule is O=C(Nc1ccc2c(O)c(N=Nc3ccccc3)c(S(=O)(=O)O)cc2c1)c1ccccc1.[Na]. The topological polar surface area (TPSA) is 128 Å². The number of phenolic OH excluding ortho intramolecular Hbond substituents is 1. The Morgan fingerprint density at radius 1 is 0.848 bits per heavy atom. The van der Waals surface area contributed by atoms with Gasteiger partial charge in [0.1, 0.15) is 10.6 Å². The van der Waals surface area contributed by atoms with Gasteiger partial charge in [0, 0.05) is 46.2 Å². The summed E-state index contributed by atoms with van der Waals surface area (Å²) in [6, 6.07) is 22.8. The average Bonchev–Trinajstić information content (AvgIpc) is 2.79. The van der Waals surface area contributed by atoms with Crippen molar-refractivity contribution in [3.63, 3.8) is 0 Å². The Bertz CT molecular complexity index is 1440. The Labute approximate surface area is 212 Å². The van der Waals surface area contributed by atoms with E-state index in [1.165, 1.54) is 18.2 Å². The van der Waals surface area contributed by atoms with Crippen LogP contribution in [-0.2, 0) is 10.1 Å². The normalized spacial score (nSPS) is 11.3. The van der Waals surface area contributed by atoms with Crippen LogP contribution in [-0.4, -0.2) is 53.5 Å². The Hall–Kier alpha value is -3.08. The van der Waals surface area contributed by atoms with Gasteiger partial charge in [-0.15, -0.1) is 5.11 Å². The van der Waals surface area contributed by atoms with Crippen LogP contribution in [0.3, 0.4) is 0 Å². The number of rotatable bonds is 5. The van der Waals surface area contributed by atoms with E-state index in [9.17, 15) is 22.9 Å². The molecule has 0 heterocycles. The third kappa shape index (κ3) is 5.65. The number of azo groups is 1. The molecule has 4 rings (SSSR count). The fraction of sp³-hybridized carbons (Fsp3) is 0. The first-order valence-corrected chi connectivity index (χ1v) is 10.9. The van der Waals surface area contributed by atoms with E-state index >= 15 is 0 Å². The van der Waals surface area contributed by atoms with E-state index in [2.05, 4.69) is 15.5 Å². The van der Waals surface area contributed by atoms with E-state index in [4.69, 9.17) is 0 Å². The molecule has 0 saturated heterocycles. The summed E-state index contributed by atoms with van der Waals surface area (Å²) in [5, 5.41) is 21.8. The van der Waals surface area contributed by atoms with Crippen molar-refractivity contribution in [3.8, 4) is 5.75 Å². The van der Waals surface area contributed by atoms with Gasteiger partial charge in [0.25, 0.3) is 16.0 Å². The van der Waals surface area contributed by atoms with Crippen LogP contribution >= 0.6 is 0 Å². The maximum Gasteiger partial charge on any atom is 0.296 e. The summed E-state index contributed by atoms with van der Waals surface area (Å²) >= 11 is 0. The van der Waals surface area contributed by atoms with Crippen molar-refractivity contribution >= 4 is 73.4 Å². The maximum atomic E-state index is 12.4. The van der Waals surface area contributed by atoms with Gasteiger partial charge in [-0.2, -0.15) is 13.5 Å². The minimum absolute atomic E-state index is 0. The molecule has 0 atom stereocenters. The zero-order valence-electron chi connectivity index (χ0n) is 17.5. The van der Waals surface area contributed by atoms with Crippen molar-refractivity contribution in [2.75, 3.05) is 5.32 Å². The maximum absolute atomic E-state index is 12.4. The zero-order valence-corrected chi connectivity index (χ0v) is 20.3. The van der Waals surface area contributed by atoms with Crippen LogP contribution in [0, 0.1) is 0 Å². The first-order valence-electron chi connectivity index (χ1n) is 9.43. The van der Waals surface area contributed by atoms with E-state index < -0.39 is 20.8 Å². The third-order valence-corrected chi connectivity index (χ3v) is 5.51. The number of aromatic hydroxyl groups is 1. The van der Waals surface area contributed by atoms with Crippen LogP contribution in [0.25, 0.3) is 10.8 Å². The summed E-state index contributed by atoms with van der Waals surface area (Å²) in [7, 11) is -4.73. The smallest absolute Gasteiger partial charge is 0.296 e. The summed E-state index contributed by atoms with van der Waals surface area (Å²) in [4.78, 5) is 11.8. The largest absolute Gasteiger partial charge is 0.505 e.